The lowest BCUT2D eigenvalue weighted by Crippen LogP contribution is -1.99. The molecule has 1 aromatic carbocycles. The lowest BCUT2D eigenvalue weighted by Gasteiger charge is -2.07. The number of phenols is 1. The number of allylic oxidation sites excluding steroid dienone is 4. The first-order valence-electron chi connectivity index (χ1n) is 4.79. The van der Waals surface area contributed by atoms with Crippen LogP contribution in [0, 0.1) is 0 Å². The smallest absolute Gasteiger partial charge is 0.217 e. The van der Waals surface area contributed by atoms with Gasteiger partial charge in [0.15, 0.2) is 0 Å². The summed E-state index contributed by atoms with van der Waals surface area (Å²) in [5.74, 6) is 0.195. The molecule has 1 N–H and O–H groups in total. The van der Waals surface area contributed by atoms with Gasteiger partial charge in [-0.3, -0.25) is 0 Å². The third-order valence-corrected chi connectivity index (χ3v) is 3.06. The fourth-order valence-corrected chi connectivity index (χ4v) is 1.99. The highest BCUT2D eigenvalue weighted by Crippen LogP contribution is 2.21. The van der Waals surface area contributed by atoms with E-state index < -0.39 is 10.3 Å². The molecule has 0 spiro atoms. The monoisotopic (exact) mass is 234 g/mol. The van der Waals surface area contributed by atoms with Crippen LogP contribution in [0.3, 0.4) is 0 Å². The Bertz CT molecular complexity index is 582. The topological polar surface area (TPSA) is 54.4 Å². The number of phenolic OH excluding ortho intramolecular Hbond substituents is 1. The first kappa shape index (κ1) is 10.7. The van der Waals surface area contributed by atoms with Gasteiger partial charge in [0, 0.05) is 6.42 Å². The lowest BCUT2D eigenvalue weighted by molar-refractivity contribution is 0.475. The molecule has 0 aliphatic heterocycles. The normalized spacial score (nSPS) is 14.8. The zero-order valence-corrected chi connectivity index (χ0v) is 9.24. The number of aromatic hydroxyl groups is 1. The quantitative estimate of drug-likeness (QED) is 0.754. The van der Waals surface area contributed by atoms with E-state index >= 15 is 0 Å². The van der Waals surface area contributed by atoms with Crippen LogP contribution in [0.2, 0.25) is 0 Å². The largest absolute Gasteiger partial charge is 0.508 e. The van der Waals surface area contributed by atoms with E-state index in [1.165, 1.54) is 0 Å². The molecular formula is C12H10O3S. The summed E-state index contributed by atoms with van der Waals surface area (Å²) in [6.45, 7) is 0. The van der Waals surface area contributed by atoms with Gasteiger partial charge in [0.1, 0.15) is 5.75 Å². The fourth-order valence-electron chi connectivity index (χ4n) is 1.53. The predicted octanol–water partition coefficient (Wildman–Crippen LogP) is 1.79. The number of hydrogen-bond acceptors (Lipinski definition) is 3. The van der Waals surface area contributed by atoms with E-state index in [9.17, 15) is 8.42 Å². The van der Waals surface area contributed by atoms with Gasteiger partial charge in [0.2, 0.25) is 10.3 Å². The van der Waals surface area contributed by atoms with Crippen molar-refractivity contribution in [3.63, 3.8) is 0 Å². The molecule has 0 fully saturated rings. The minimum Gasteiger partial charge on any atom is -0.508 e. The van der Waals surface area contributed by atoms with Crippen molar-refractivity contribution in [1.82, 2.24) is 0 Å². The fraction of sp³-hybridized carbons (Fsp3) is 0.0833. The van der Waals surface area contributed by atoms with Crippen LogP contribution in [-0.4, -0.2) is 18.4 Å². The average Bonchev–Trinajstić information content (AvgIpc) is 2.30. The summed E-state index contributed by atoms with van der Waals surface area (Å²) in [5, 5.41) is 9.15. The average molecular weight is 234 g/mol. The molecule has 16 heavy (non-hydrogen) atoms. The van der Waals surface area contributed by atoms with Crippen LogP contribution in [-0.2, 0) is 10.3 Å². The van der Waals surface area contributed by atoms with Crippen LogP contribution in [0.25, 0.3) is 5.57 Å². The molecular weight excluding hydrogens is 224 g/mol. The summed E-state index contributed by atoms with van der Waals surface area (Å²) < 4.78 is 21.7. The SMILES string of the molecule is O=S(=O)=C1C=C(c2ccc(O)cc2)C=CC1. The van der Waals surface area contributed by atoms with E-state index in [1.807, 2.05) is 12.2 Å². The highest BCUT2D eigenvalue weighted by atomic mass is 32.2. The summed E-state index contributed by atoms with van der Waals surface area (Å²) >= 11 is 0. The van der Waals surface area contributed by atoms with Gasteiger partial charge in [-0.05, 0) is 29.3 Å². The van der Waals surface area contributed by atoms with Crippen LogP contribution in [0.4, 0.5) is 0 Å². The molecule has 0 bridgehead atoms. The van der Waals surface area contributed by atoms with Crippen LogP contribution >= 0.6 is 0 Å². The molecule has 2 rings (SSSR count). The molecule has 1 aromatic rings. The minimum atomic E-state index is -2.16. The summed E-state index contributed by atoms with van der Waals surface area (Å²) in [5.41, 5.74) is 1.72. The highest BCUT2D eigenvalue weighted by Gasteiger charge is 2.06. The third-order valence-electron chi connectivity index (χ3n) is 2.35. The maximum Gasteiger partial charge on any atom is 0.217 e. The molecule has 1 aliphatic carbocycles. The van der Waals surface area contributed by atoms with Crippen molar-refractivity contribution in [3.8, 4) is 5.75 Å². The predicted molar refractivity (Wildman–Crippen MR) is 63.8 cm³/mol. The molecule has 0 unspecified atom stereocenters. The Hall–Kier alpha value is -1.81. The van der Waals surface area contributed by atoms with E-state index in [0.29, 0.717) is 11.3 Å². The van der Waals surface area contributed by atoms with E-state index in [1.54, 1.807) is 30.3 Å². The summed E-state index contributed by atoms with van der Waals surface area (Å²) in [4.78, 5) is 0.380. The molecule has 0 saturated heterocycles. The lowest BCUT2D eigenvalue weighted by atomic mass is 9.99. The van der Waals surface area contributed by atoms with Gasteiger partial charge in [-0.1, -0.05) is 24.3 Å². The zero-order chi connectivity index (χ0) is 11.5. The number of rotatable bonds is 1. The summed E-state index contributed by atoms with van der Waals surface area (Å²) in [7, 11) is -2.16. The van der Waals surface area contributed by atoms with Gasteiger partial charge in [-0.25, -0.2) is 0 Å². The minimum absolute atomic E-state index is 0.195. The summed E-state index contributed by atoms with van der Waals surface area (Å²) in [6, 6.07) is 6.66. The molecule has 0 atom stereocenters. The van der Waals surface area contributed by atoms with Crippen molar-refractivity contribution in [2.45, 2.75) is 6.42 Å². The van der Waals surface area contributed by atoms with E-state index in [-0.39, 0.29) is 5.75 Å². The maximum atomic E-state index is 10.8. The van der Waals surface area contributed by atoms with Crippen molar-refractivity contribution in [3.05, 3.63) is 48.1 Å². The van der Waals surface area contributed by atoms with Crippen molar-refractivity contribution >= 4 is 20.7 Å². The first-order valence-corrected chi connectivity index (χ1v) is 5.87. The second-order valence-corrected chi connectivity index (χ2v) is 4.45. The second kappa shape index (κ2) is 4.37. The van der Waals surface area contributed by atoms with Crippen molar-refractivity contribution in [1.29, 1.82) is 0 Å². The molecule has 0 saturated carbocycles. The molecule has 0 heterocycles. The number of benzene rings is 1. The number of hydrogen-bond donors (Lipinski definition) is 1. The Kier molecular flexibility index (Phi) is 2.92. The molecule has 82 valence electrons. The van der Waals surface area contributed by atoms with E-state index in [0.717, 1.165) is 11.1 Å². The van der Waals surface area contributed by atoms with Crippen molar-refractivity contribution in [2.24, 2.45) is 0 Å². The summed E-state index contributed by atoms with van der Waals surface area (Å²) in [6.07, 6.45) is 5.78. The van der Waals surface area contributed by atoms with Gasteiger partial charge < -0.3 is 5.11 Å². The third kappa shape index (κ3) is 2.23. The van der Waals surface area contributed by atoms with E-state index in [2.05, 4.69) is 0 Å². The van der Waals surface area contributed by atoms with Gasteiger partial charge in [0.25, 0.3) is 0 Å². The first-order chi connectivity index (χ1) is 7.66. The zero-order valence-electron chi connectivity index (χ0n) is 8.42. The Morgan fingerprint density at radius 1 is 1.12 bits per heavy atom. The van der Waals surface area contributed by atoms with E-state index in [4.69, 9.17) is 5.11 Å². The molecule has 0 amide bonds. The molecule has 0 aromatic heterocycles. The van der Waals surface area contributed by atoms with Crippen molar-refractivity contribution < 1.29 is 13.5 Å². The van der Waals surface area contributed by atoms with Gasteiger partial charge in [0.05, 0.1) is 4.86 Å². The standard InChI is InChI=1S/C12H10O3S/c13-11-6-4-9(5-7-11)10-2-1-3-12(8-10)16(14)15/h1-2,4-8,13H,3H2. The Morgan fingerprint density at radius 2 is 1.81 bits per heavy atom. The molecule has 3 nitrogen and oxygen atoms in total. The van der Waals surface area contributed by atoms with Crippen LogP contribution in [0.5, 0.6) is 5.75 Å². The van der Waals surface area contributed by atoms with Gasteiger partial charge >= 0.3 is 0 Å². The Balaban J connectivity index is 2.46. The Morgan fingerprint density at radius 3 is 2.44 bits per heavy atom. The van der Waals surface area contributed by atoms with Gasteiger partial charge in [-0.2, -0.15) is 8.42 Å². The van der Waals surface area contributed by atoms with Crippen LogP contribution in [0.15, 0.2) is 42.5 Å². The highest BCUT2D eigenvalue weighted by molar-refractivity contribution is 7.73. The van der Waals surface area contributed by atoms with Gasteiger partial charge in [-0.15, -0.1) is 0 Å². The molecule has 4 heteroatoms. The van der Waals surface area contributed by atoms with Crippen molar-refractivity contribution in [2.75, 3.05) is 0 Å². The molecule has 1 aliphatic rings. The second-order valence-electron chi connectivity index (χ2n) is 3.45. The Labute approximate surface area is 94.9 Å². The van der Waals surface area contributed by atoms with Crippen LogP contribution < -0.4 is 0 Å². The molecule has 0 radical (unpaired) electrons. The maximum absolute atomic E-state index is 10.8. The van der Waals surface area contributed by atoms with Crippen LogP contribution in [0.1, 0.15) is 12.0 Å².